The second kappa shape index (κ2) is 11.1. The highest BCUT2D eigenvalue weighted by Gasteiger charge is 2.27. The SMILES string of the molecule is C1CCOC1.CC(C)NCc1cccc(Nc2ccc(-c3cnc4cc(F)ccn34)c3c2C(=O)NC3)n1. The summed E-state index contributed by atoms with van der Waals surface area (Å²) in [6, 6.07) is 12.8. The Morgan fingerprint density at radius 1 is 1.16 bits per heavy atom. The topological polar surface area (TPSA) is 92.6 Å². The van der Waals surface area contributed by atoms with E-state index in [-0.39, 0.29) is 11.7 Å². The van der Waals surface area contributed by atoms with Gasteiger partial charge >= 0.3 is 0 Å². The van der Waals surface area contributed by atoms with E-state index in [4.69, 9.17) is 4.74 Å². The summed E-state index contributed by atoms with van der Waals surface area (Å²) in [6.07, 6.45) is 5.91. The number of carbonyl (C=O) groups is 1. The maximum Gasteiger partial charge on any atom is 0.254 e. The number of benzene rings is 1. The standard InChI is InChI=1S/C24H23FN6O.C4H8O/c1-14(2)26-11-16-4-3-5-21(29-16)30-19-7-6-17(18-12-28-24(32)23(18)19)20-13-27-22-10-15(25)8-9-31(20)22;1-2-4-5-3-1/h3-10,13-14,26H,11-12H2,1-2H3,(H,28,32)(H,29,30);1-4H2. The number of amides is 1. The Labute approximate surface area is 215 Å². The lowest BCUT2D eigenvalue weighted by Gasteiger charge is -2.14. The molecule has 5 heterocycles. The van der Waals surface area contributed by atoms with Crippen LogP contribution < -0.4 is 16.0 Å². The first-order valence-electron chi connectivity index (χ1n) is 12.6. The van der Waals surface area contributed by atoms with E-state index in [1.807, 2.05) is 34.7 Å². The minimum Gasteiger partial charge on any atom is -0.381 e. The van der Waals surface area contributed by atoms with Crippen LogP contribution in [0.4, 0.5) is 15.9 Å². The molecule has 9 heteroatoms. The molecule has 3 N–H and O–H groups in total. The molecule has 4 aromatic rings. The van der Waals surface area contributed by atoms with E-state index < -0.39 is 0 Å². The third kappa shape index (κ3) is 5.63. The van der Waals surface area contributed by atoms with Crippen LogP contribution in [0.25, 0.3) is 16.9 Å². The number of nitrogens with one attached hydrogen (secondary N) is 3. The average molecular weight is 503 g/mol. The zero-order chi connectivity index (χ0) is 25.8. The second-order valence-corrected chi connectivity index (χ2v) is 9.41. The van der Waals surface area contributed by atoms with E-state index in [0.717, 1.165) is 35.7 Å². The van der Waals surface area contributed by atoms with Gasteiger partial charge in [-0.15, -0.1) is 0 Å². The third-order valence-electron chi connectivity index (χ3n) is 6.31. The highest BCUT2D eigenvalue weighted by atomic mass is 19.1. The lowest BCUT2D eigenvalue weighted by molar-refractivity contribution is 0.0966. The van der Waals surface area contributed by atoms with Gasteiger partial charge in [0.05, 0.1) is 28.8 Å². The predicted octanol–water partition coefficient (Wildman–Crippen LogP) is 4.82. The molecular weight excluding hydrogens is 471 g/mol. The van der Waals surface area contributed by atoms with E-state index >= 15 is 0 Å². The van der Waals surface area contributed by atoms with Crippen molar-refractivity contribution in [3.63, 3.8) is 0 Å². The number of carbonyl (C=O) groups excluding carboxylic acids is 1. The van der Waals surface area contributed by atoms with E-state index in [1.165, 1.54) is 25.0 Å². The smallest absolute Gasteiger partial charge is 0.254 e. The number of rotatable bonds is 6. The number of imidazole rings is 1. The molecule has 0 spiro atoms. The highest BCUT2D eigenvalue weighted by Crippen LogP contribution is 2.35. The summed E-state index contributed by atoms with van der Waals surface area (Å²) < 4.78 is 20.3. The van der Waals surface area contributed by atoms with Crippen molar-refractivity contribution in [3.8, 4) is 11.3 Å². The maximum absolute atomic E-state index is 13.6. The van der Waals surface area contributed by atoms with Gasteiger partial charge in [-0.3, -0.25) is 9.20 Å². The normalized spacial score (nSPS) is 14.4. The van der Waals surface area contributed by atoms with Crippen LogP contribution in [0.3, 0.4) is 0 Å². The van der Waals surface area contributed by atoms with Gasteiger partial charge in [0.2, 0.25) is 0 Å². The highest BCUT2D eigenvalue weighted by molar-refractivity contribution is 6.06. The number of pyridine rings is 2. The van der Waals surface area contributed by atoms with Gasteiger partial charge < -0.3 is 20.7 Å². The summed E-state index contributed by atoms with van der Waals surface area (Å²) in [5.74, 6) is 0.199. The maximum atomic E-state index is 13.6. The van der Waals surface area contributed by atoms with Gasteiger partial charge in [0.15, 0.2) is 0 Å². The van der Waals surface area contributed by atoms with Crippen LogP contribution in [-0.2, 0) is 17.8 Å². The van der Waals surface area contributed by atoms with Crippen molar-refractivity contribution in [1.29, 1.82) is 0 Å². The molecule has 3 aromatic heterocycles. The number of hydrogen-bond donors (Lipinski definition) is 3. The molecule has 1 amide bonds. The van der Waals surface area contributed by atoms with Crippen LogP contribution in [0, 0.1) is 5.82 Å². The predicted molar refractivity (Wildman–Crippen MR) is 141 cm³/mol. The molecule has 2 aliphatic rings. The van der Waals surface area contributed by atoms with Crippen LogP contribution in [0.1, 0.15) is 48.3 Å². The van der Waals surface area contributed by atoms with Crippen molar-refractivity contribution < 1.29 is 13.9 Å². The second-order valence-electron chi connectivity index (χ2n) is 9.41. The number of nitrogens with zero attached hydrogens (tertiary/aromatic N) is 3. The molecule has 192 valence electrons. The number of hydrogen-bond acceptors (Lipinski definition) is 6. The molecule has 0 aliphatic carbocycles. The Hall–Kier alpha value is -3.82. The number of halogens is 1. The van der Waals surface area contributed by atoms with Crippen molar-refractivity contribution in [1.82, 2.24) is 25.0 Å². The van der Waals surface area contributed by atoms with Crippen LogP contribution in [-0.4, -0.2) is 39.5 Å². The number of fused-ring (bicyclic) bond motifs is 2. The summed E-state index contributed by atoms with van der Waals surface area (Å²) in [5.41, 5.74) is 5.28. The number of ether oxygens (including phenoxy) is 1. The Bertz CT molecular complexity index is 1410. The van der Waals surface area contributed by atoms with Crippen LogP contribution in [0.2, 0.25) is 0 Å². The van der Waals surface area contributed by atoms with Crippen molar-refractivity contribution in [2.75, 3.05) is 18.5 Å². The van der Waals surface area contributed by atoms with Gasteiger partial charge in [-0.1, -0.05) is 26.0 Å². The molecular formula is C28H31FN6O2. The van der Waals surface area contributed by atoms with Gasteiger partial charge in [-0.05, 0) is 42.7 Å². The summed E-state index contributed by atoms with van der Waals surface area (Å²) in [6.45, 7) is 7.26. The molecule has 0 radical (unpaired) electrons. The summed E-state index contributed by atoms with van der Waals surface area (Å²) in [4.78, 5) is 21.7. The first-order chi connectivity index (χ1) is 18.0. The van der Waals surface area contributed by atoms with E-state index in [0.29, 0.717) is 41.8 Å². The minimum absolute atomic E-state index is 0.137. The lowest BCUT2D eigenvalue weighted by Crippen LogP contribution is -2.22. The molecule has 37 heavy (non-hydrogen) atoms. The third-order valence-corrected chi connectivity index (χ3v) is 6.31. The largest absolute Gasteiger partial charge is 0.381 e. The lowest BCUT2D eigenvalue weighted by atomic mass is 9.99. The molecule has 0 atom stereocenters. The molecule has 0 bridgehead atoms. The minimum atomic E-state index is -0.338. The zero-order valence-electron chi connectivity index (χ0n) is 21.1. The number of anilines is 2. The summed E-state index contributed by atoms with van der Waals surface area (Å²) in [7, 11) is 0. The molecule has 6 rings (SSSR count). The Morgan fingerprint density at radius 2 is 2.00 bits per heavy atom. The van der Waals surface area contributed by atoms with Crippen molar-refractivity contribution in [2.24, 2.45) is 0 Å². The Kier molecular flexibility index (Phi) is 7.43. The first kappa shape index (κ1) is 24.9. The summed E-state index contributed by atoms with van der Waals surface area (Å²) in [5, 5.41) is 9.58. The number of aromatic nitrogens is 3. The quantitative estimate of drug-likeness (QED) is 0.350. The molecule has 0 saturated carbocycles. The van der Waals surface area contributed by atoms with Gasteiger partial charge in [0.1, 0.15) is 17.3 Å². The van der Waals surface area contributed by atoms with Gasteiger partial charge in [0.25, 0.3) is 5.91 Å². The molecule has 1 saturated heterocycles. The van der Waals surface area contributed by atoms with Crippen molar-refractivity contribution >= 4 is 23.1 Å². The fourth-order valence-electron chi connectivity index (χ4n) is 4.45. The van der Waals surface area contributed by atoms with Crippen LogP contribution in [0.15, 0.2) is 54.9 Å². The van der Waals surface area contributed by atoms with Gasteiger partial charge in [-0.25, -0.2) is 14.4 Å². The molecule has 0 unspecified atom stereocenters. The summed E-state index contributed by atoms with van der Waals surface area (Å²) >= 11 is 0. The zero-order valence-corrected chi connectivity index (χ0v) is 21.1. The van der Waals surface area contributed by atoms with E-state index in [2.05, 4.69) is 39.8 Å². The van der Waals surface area contributed by atoms with Crippen molar-refractivity contribution in [2.45, 2.75) is 45.8 Å². The van der Waals surface area contributed by atoms with Gasteiger partial charge in [-0.2, -0.15) is 0 Å². The fraction of sp³-hybridized carbons (Fsp3) is 0.321. The average Bonchev–Trinajstić information content (AvgIpc) is 3.66. The Balaban J connectivity index is 0.000000503. The molecule has 1 fully saturated rings. The Morgan fingerprint density at radius 3 is 2.76 bits per heavy atom. The van der Waals surface area contributed by atoms with Crippen LogP contribution >= 0.6 is 0 Å². The molecule has 2 aliphatic heterocycles. The van der Waals surface area contributed by atoms with Crippen molar-refractivity contribution in [3.05, 3.63) is 77.5 Å². The fourth-order valence-corrected chi connectivity index (χ4v) is 4.45. The van der Waals surface area contributed by atoms with E-state index in [1.54, 1.807) is 12.4 Å². The molecule has 8 nitrogen and oxygen atoms in total. The van der Waals surface area contributed by atoms with Gasteiger partial charge in [0, 0.05) is 50.2 Å². The van der Waals surface area contributed by atoms with E-state index in [9.17, 15) is 9.18 Å². The first-order valence-corrected chi connectivity index (χ1v) is 12.6. The van der Waals surface area contributed by atoms with Crippen LogP contribution in [0.5, 0.6) is 0 Å². The monoisotopic (exact) mass is 502 g/mol. The molecule has 1 aromatic carbocycles.